The van der Waals surface area contributed by atoms with Gasteiger partial charge in [-0.15, -0.1) is 11.3 Å². The number of thiophene rings is 1. The first-order valence-corrected chi connectivity index (χ1v) is 5.05. The Labute approximate surface area is 75.8 Å². The van der Waals surface area contributed by atoms with Gasteiger partial charge in [0, 0.05) is 17.4 Å². The van der Waals surface area contributed by atoms with Crippen molar-refractivity contribution in [2.24, 2.45) is 5.92 Å². The summed E-state index contributed by atoms with van der Waals surface area (Å²) in [4.78, 5) is 1.06. The minimum Gasteiger partial charge on any atom is -0.387 e. The highest BCUT2D eigenvalue weighted by Crippen LogP contribution is 2.30. The monoisotopic (exact) mass is 184 g/mol. The maximum atomic E-state index is 9.84. The Balaban J connectivity index is 2.04. The minimum absolute atomic E-state index is 0.309. The molecule has 1 N–H and O–H groups in total. The zero-order valence-electron chi connectivity index (χ0n) is 6.77. The van der Waals surface area contributed by atoms with Gasteiger partial charge in [0.1, 0.15) is 0 Å². The van der Waals surface area contributed by atoms with Gasteiger partial charge in [-0.1, -0.05) is 6.07 Å². The lowest BCUT2D eigenvalue weighted by Gasteiger charge is -2.13. The van der Waals surface area contributed by atoms with Gasteiger partial charge in [-0.25, -0.2) is 0 Å². The van der Waals surface area contributed by atoms with Crippen molar-refractivity contribution in [3.8, 4) is 0 Å². The summed E-state index contributed by atoms with van der Waals surface area (Å²) in [7, 11) is 0. The quantitative estimate of drug-likeness (QED) is 0.759. The first kappa shape index (κ1) is 8.23. The second kappa shape index (κ2) is 3.56. The zero-order chi connectivity index (χ0) is 8.39. The molecule has 0 spiro atoms. The fourth-order valence-corrected chi connectivity index (χ4v) is 2.30. The standard InChI is InChI=1S/C9H12O2S/c10-9(7-3-4-11-6-7)8-2-1-5-12-8/h1-2,5,7,9-10H,3-4,6H2. The van der Waals surface area contributed by atoms with Gasteiger partial charge in [-0.05, 0) is 17.9 Å². The number of rotatable bonds is 2. The van der Waals surface area contributed by atoms with Gasteiger partial charge in [-0.2, -0.15) is 0 Å². The Hall–Kier alpha value is -0.380. The van der Waals surface area contributed by atoms with Crippen molar-refractivity contribution in [1.29, 1.82) is 0 Å². The fourth-order valence-electron chi connectivity index (χ4n) is 1.49. The van der Waals surface area contributed by atoms with E-state index in [1.807, 2.05) is 17.5 Å². The number of aliphatic hydroxyl groups excluding tert-OH is 1. The van der Waals surface area contributed by atoms with Crippen molar-refractivity contribution < 1.29 is 9.84 Å². The first-order chi connectivity index (χ1) is 5.88. The van der Waals surface area contributed by atoms with Crippen LogP contribution in [0, 0.1) is 5.92 Å². The largest absolute Gasteiger partial charge is 0.387 e. The third-order valence-corrected chi connectivity index (χ3v) is 3.19. The Morgan fingerprint density at radius 3 is 3.17 bits per heavy atom. The summed E-state index contributed by atoms with van der Waals surface area (Å²) >= 11 is 1.61. The molecule has 2 unspecified atom stereocenters. The van der Waals surface area contributed by atoms with Crippen LogP contribution in [0.4, 0.5) is 0 Å². The smallest absolute Gasteiger partial charge is 0.0932 e. The van der Waals surface area contributed by atoms with Gasteiger partial charge < -0.3 is 9.84 Å². The summed E-state index contributed by atoms with van der Waals surface area (Å²) in [5.74, 6) is 0.309. The van der Waals surface area contributed by atoms with Gasteiger partial charge in [0.2, 0.25) is 0 Å². The number of hydrogen-bond acceptors (Lipinski definition) is 3. The molecule has 2 heterocycles. The summed E-state index contributed by atoms with van der Waals surface area (Å²) in [6.45, 7) is 1.51. The van der Waals surface area contributed by atoms with E-state index in [-0.39, 0.29) is 6.10 Å². The highest BCUT2D eigenvalue weighted by Gasteiger charge is 2.25. The van der Waals surface area contributed by atoms with E-state index in [0.717, 1.165) is 17.9 Å². The second-order valence-corrected chi connectivity index (χ2v) is 4.06. The topological polar surface area (TPSA) is 29.5 Å². The van der Waals surface area contributed by atoms with Crippen molar-refractivity contribution in [1.82, 2.24) is 0 Å². The van der Waals surface area contributed by atoms with E-state index < -0.39 is 0 Å². The molecule has 66 valence electrons. The third kappa shape index (κ3) is 1.53. The van der Waals surface area contributed by atoms with Gasteiger partial charge in [-0.3, -0.25) is 0 Å². The number of aliphatic hydroxyl groups is 1. The summed E-state index contributed by atoms with van der Waals surface area (Å²) < 4.78 is 5.22. The van der Waals surface area contributed by atoms with E-state index in [1.165, 1.54) is 0 Å². The Kier molecular flexibility index (Phi) is 2.44. The number of hydrogen-bond donors (Lipinski definition) is 1. The highest BCUT2D eigenvalue weighted by atomic mass is 32.1. The van der Waals surface area contributed by atoms with E-state index >= 15 is 0 Å². The van der Waals surface area contributed by atoms with Crippen molar-refractivity contribution >= 4 is 11.3 Å². The van der Waals surface area contributed by atoms with Crippen molar-refractivity contribution in [2.75, 3.05) is 13.2 Å². The lowest BCUT2D eigenvalue weighted by atomic mass is 10.0. The maximum absolute atomic E-state index is 9.84. The average Bonchev–Trinajstić information content (AvgIpc) is 2.77. The van der Waals surface area contributed by atoms with E-state index in [1.54, 1.807) is 11.3 Å². The molecule has 1 saturated heterocycles. The van der Waals surface area contributed by atoms with Crippen LogP contribution in [-0.2, 0) is 4.74 Å². The molecule has 1 aliphatic rings. The molecule has 12 heavy (non-hydrogen) atoms. The van der Waals surface area contributed by atoms with Crippen LogP contribution in [0.15, 0.2) is 17.5 Å². The lowest BCUT2D eigenvalue weighted by Crippen LogP contribution is -2.10. The normalized spacial score (nSPS) is 25.9. The molecule has 0 aliphatic carbocycles. The van der Waals surface area contributed by atoms with Crippen LogP contribution in [0.2, 0.25) is 0 Å². The predicted octanol–water partition coefficient (Wildman–Crippen LogP) is 1.82. The van der Waals surface area contributed by atoms with Gasteiger partial charge >= 0.3 is 0 Å². The van der Waals surface area contributed by atoms with Crippen LogP contribution in [0.3, 0.4) is 0 Å². The van der Waals surface area contributed by atoms with Crippen LogP contribution < -0.4 is 0 Å². The summed E-state index contributed by atoms with van der Waals surface area (Å²) in [5.41, 5.74) is 0. The van der Waals surface area contributed by atoms with E-state index in [4.69, 9.17) is 4.74 Å². The van der Waals surface area contributed by atoms with Crippen LogP contribution in [0.25, 0.3) is 0 Å². The van der Waals surface area contributed by atoms with Crippen molar-refractivity contribution in [2.45, 2.75) is 12.5 Å². The summed E-state index contributed by atoms with van der Waals surface area (Å²) in [5, 5.41) is 11.8. The highest BCUT2D eigenvalue weighted by molar-refractivity contribution is 7.10. The SMILES string of the molecule is OC(c1cccs1)C1CCOC1. The van der Waals surface area contributed by atoms with Crippen molar-refractivity contribution in [3.05, 3.63) is 22.4 Å². The molecule has 1 aromatic rings. The zero-order valence-corrected chi connectivity index (χ0v) is 7.59. The van der Waals surface area contributed by atoms with E-state index in [2.05, 4.69) is 0 Å². The number of ether oxygens (including phenoxy) is 1. The predicted molar refractivity (Wildman–Crippen MR) is 48.2 cm³/mol. The Bertz CT molecular complexity index is 227. The van der Waals surface area contributed by atoms with Crippen LogP contribution in [-0.4, -0.2) is 18.3 Å². The van der Waals surface area contributed by atoms with Crippen LogP contribution in [0.5, 0.6) is 0 Å². The average molecular weight is 184 g/mol. The lowest BCUT2D eigenvalue weighted by molar-refractivity contribution is 0.0945. The molecule has 0 saturated carbocycles. The van der Waals surface area contributed by atoms with Gasteiger partial charge in [0.05, 0.1) is 12.7 Å². The molecule has 0 radical (unpaired) electrons. The van der Waals surface area contributed by atoms with Gasteiger partial charge in [0.25, 0.3) is 0 Å². The molecule has 0 aromatic carbocycles. The molecule has 2 rings (SSSR count). The molecular weight excluding hydrogens is 172 g/mol. The molecule has 1 aliphatic heterocycles. The third-order valence-electron chi connectivity index (χ3n) is 2.25. The minimum atomic E-state index is -0.313. The molecule has 0 bridgehead atoms. The van der Waals surface area contributed by atoms with E-state index in [9.17, 15) is 5.11 Å². The molecule has 1 fully saturated rings. The molecule has 2 nitrogen and oxygen atoms in total. The molecule has 3 heteroatoms. The second-order valence-electron chi connectivity index (χ2n) is 3.08. The molecule has 2 atom stereocenters. The fraction of sp³-hybridized carbons (Fsp3) is 0.556. The van der Waals surface area contributed by atoms with Crippen LogP contribution in [0.1, 0.15) is 17.4 Å². The van der Waals surface area contributed by atoms with Gasteiger partial charge in [0.15, 0.2) is 0 Å². The molecule has 0 amide bonds. The first-order valence-electron chi connectivity index (χ1n) is 4.17. The summed E-state index contributed by atoms with van der Waals surface area (Å²) in [6.07, 6.45) is 0.673. The molecular formula is C9H12O2S. The van der Waals surface area contributed by atoms with Crippen molar-refractivity contribution in [3.63, 3.8) is 0 Å². The summed E-state index contributed by atoms with van der Waals surface area (Å²) in [6, 6.07) is 3.95. The van der Waals surface area contributed by atoms with E-state index in [0.29, 0.717) is 12.5 Å². The van der Waals surface area contributed by atoms with Crippen LogP contribution >= 0.6 is 11.3 Å². The Morgan fingerprint density at radius 2 is 2.58 bits per heavy atom. The Morgan fingerprint density at radius 1 is 1.67 bits per heavy atom. The molecule has 1 aromatic heterocycles. The maximum Gasteiger partial charge on any atom is 0.0932 e.